The van der Waals surface area contributed by atoms with Crippen LogP contribution in [0.2, 0.25) is 0 Å². The number of halogens is 1. The predicted octanol–water partition coefficient (Wildman–Crippen LogP) is 0.477. The van der Waals surface area contributed by atoms with E-state index in [1.807, 2.05) is 0 Å². The summed E-state index contributed by atoms with van der Waals surface area (Å²) in [6, 6.07) is 6.33. The smallest absolute Gasteiger partial charge is 0.234 e. The lowest BCUT2D eigenvalue weighted by atomic mass is 10.1. The molecule has 1 fully saturated rings. The van der Waals surface area contributed by atoms with Gasteiger partial charge in [0.2, 0.25) is 5.91 Å². The maximum absolute atomic E-state index is 12.9. The van der Waals surface area contributed by atoms with Gasteiger partial charge in [-0.05, 0) is 24.1 Å². The monoisotopic (exact) mass is 347 g/mol. The molecule has 0 saturated carbocycles. The van der Waals surface area contributed by atoms with E-state index >= 15 is 0 Å². The molecule has 8 heteroatoms. The summed E-state index contributed by atoms with van der Waals surface area (Å²) in [4.78, 5) is 18.1. The Balaban J connectivity index is 1.37. The molecule has 1 aliphatic rings. The second kappa shape index (κ2) is 8.68. The molecule has 0 bridgehead atoms. The summed E-state index contributed by atoms with van der Waals surface area (Å²) in [6.45, 7) is 3.53. The molecule has 3 rings (SSSR count). The van der Waals surface area contributed by atoms with E-state index in [1.54, 1.807) is 23.1 Å². The minimum atomic E-state index is -0.249. The number of benzene rings is 1. The van der Waals surface area contributed by atoms with Crippen LogP contribution in [0.15, 0.2) is 36.9 Å². The molecule has 0 aliphatic carbocycles. The zero-order valence-electron chi connectivity index (χ0n) is 14.0. The van der Waals surface area contributed by atoms with E-state index in [-0.39, 0.29) is 17.8 Å². The first kappa shape index (κ1) is 17.5. The van der Waals surface area contributed by atoms with Crippen LogP contribution in [0, 0.1) is 5.82 Å². The van der Waals surface area contributed by atoms with Gasteiger partial charge in [-0.3, -0.25) is 14.4 Å². The number of amides is 1. The van der Waals surface area contributed by atoms with Crippen LogP contribution in [0.3, 0.4) is 0 Å². The van der Waals surface area contributed by atoms with Gasteiger partial charge in [-0.25, -0.2) is 9.37 Å². The molecule has 2 aromatic rings. The lowest BCUT2D eigenvalue weighted by Gasteiger charge is -2.32. The number of aromatic nitrogens is 3. The number of hydrogen-bond donors (Lipinski definition) is 1. The average molecular weight is 347 g/mol. The molecule has 134 valence electrons. The van der Waals surface area contributed by atoms with Crippen LogP contribution in [0.25, 0.3) is 0 Å². The van der Waals surface area contributed by atoms with Crippen LogP contribution < -0.4 is 5.32 Å². The van der Waals surface area contributed by atoms with Gasteiger partial charge in [0.15, 0.2) is 0 Å². The molecule has 1 atom stereocenters. The third-order valence-corrected chi connectivity index (χ3v) is 4.10. The van der Waals surface area contributed by atoms with Crippen molar-refractivity contribution in [3.63, 3.8) is 0 Å². The molecule has 1 aromatic carbocycles. The van der Waals surface area contributed by atoms with Crippen LogP contribution in [-0.4, -0.2) is 64.5 Å². The Bertz CT molecular complexity index is 662. The van der Waals surface area contributed by atoms with E-state index in [0.717, 1.165) is 12.1 Å². The summed E-state index contributed by atoms with van der Waals surface area (Å²) in [5.41, 5.74) is 1.00. The maximum atomic E-state index is 12.9. The van der Waals surface area contributed by atoms with E-state index in [4.69, 9.17) is 4.74 Å². The zero-order valence-corrected chi connectivity index (χ0v) is 14.0. The van der Waals surface area contributed by atoms with E-state index in [1.165, 1.54) is 18.5 Å². The largest absolute Gasteiger partial charge is 0.374 e. The zero-order chi connectivity index (χ0) is 17.5. The quantitative estimate of drug-likeness (QED) is 0.789. The Labute approximate surface area is 145 Å². The van der Waals surface area contributed by atoms with E-state index in [0.29, 0.717) is 39.2 Å². The topological polar surface area (TPSA) is 72.3 Å². The number of carbonyl (C=O) groups is 1. The van der Waals surface area contributed by atoms with Gasteiger partial charge >= 0.3 is 0 Å². The molecular formula is C17H22FN5O2. The van der Waals surface area contributed by atoms with Crippen molar-refractivity contribution in [2.75, 3.05) is 32.8 Å². The first-order valence-electron chi connectivity index (χ1n) is 8.36. The van der Waals surface area contributed by atoms with Crippen molar-refractivity contribution in [2.24, 2.45) is 0 Å². The number of nitrogens with zero attached hydrogens (tertiary/aromatic N) is 4. The summed E-state index contributed by atoms with van der Waals surface area (Å²) in [5.74, 6) is -0.260. The normalized spacial score (nSPS) is 18.2. The van der Waals surface area contributed by atoms with Crippen LogP contribution in [0.5, 0.6) is 0 Å². The van der Waals surface area contributed by atoms with Crippen LogP contribution in [-0.2, 0) is 22.5 Å². The SMILES string of the molecule is O=C(CN1CCO[C@@H](Cn2cncn2)C1)NCCc1ccc(F)cc1. The van der Waals surface area contributed by atoms with Gasteiger partial charge in [0.25, 0.3) is 0 Å². The highest BCUT2D eigenvalue weighted by molar-refractivity contribution is 5.78. The Morgan fingerprint density at radius 2 is 2.20 bits per heavy atom. The highest BCUT2D eigenvalue weighted by atomic mass is 19.1. The summed E-state index contributed by atoms with van der Waals surface area (Å²) in [7, 11) is 0. The highest BCUT2D eigenvalue weighted by Crippen LogP contribution is 2.07. The second-order valence-electron chi connectivity index (χ2n) is 6.07. The molecule has 0 radical (unpaired) electrons. The van der Waals surface area contributed by atoms with Crippen molar-refractivity contribution < 1.29 is 13.9 Å². The van der Waals surface area contributed by atoms with Gasteiger partial charge < -0.3 is 10.1 Å². The Morgan fingerprint density at radius 1 is 1.36 bits per heavy atom. The van der Waals surface area contributed by atoms with Crippen molar-refractivity contribution in [1.82, 2.24) is 25.0 Å². The van der Waals surface area contributed by atoms with E-state index < -0.39 is 0 Å². The minimum absolute atomic E-state index is 0.00228. The summed E-state index contributed by atoms with van der Waals surface area (Å²) < 4.78 is 20.3. The molecule has 25 heavy (non-hydrogen) atoms. The van der Waals surface area contributed by atoms with Gasteiger partial charge in [-0.1, -0.05) is 12.1 Å². The lowest BCUT2D eigenvalue weighted by molar-refractivity contribution is -0.124. The molecule has 0 unspecified atom stereocenters. The molecule has 1 amide bonds. The van der Waals surface area contributed by atoms with Gasteiger partial charge in [0.1, 0.15) is 18.5 Å². The molecule has 7 nitrogen and oxygen atoms in total. The summed E-state index contributed by atoms with van der Waals surface area (Å²) >= 11 is 0. The van der Waals surface area contributed by atoms with Gasteiger partial charge in [0.05, 0.1) is 25.8 Å². The standard InChI is InChI=1S/C17H22FN5O2/c18-15-3-1-14(2-4-15)5-6-20-17(24)11-22-7-8-25-16(9-22)10-23-13-19-12-21-23/h1-4,12-13,16H,5-11H2,(H,20,24)/t16-/m1/s1. The molecule has 1 N–H and O–H groups in total. The number of morpholine rings is 1. The Kier molecular flexibility index (Phi) is 6.08. The van der Waals surface area contributed by atoms with Crippen molar-refractivity contribution in [2.45, 2.75) is 19.1 Å². The van der Waals surface area contributed by atoms with Crippen LogP contribution in [0.1, 0.15) is 5.56 Å². The third kappa shape index (κ3) is 5.61. The number of rotatable bonds is 7. The fourth-order valence-corrected chi connectivity index (χ4v) is 2.83. The maximum Gasteiger partial charge on any atom is 0.234 e. The molecule has 1 aliphatic heterocycles. The number of nitrogens with one attached hydrogen (secondary N) is 1. The van der Waals surface area contributed by atoms with E-state index in [2.05, 4.69) is 20.3 Å². The molecule has 1 saturated heterocycles. The first-order chi connectivity index (χ1) is 12.2. The fraction of sp³-hybridized carbons (Fsp3) is 0.471. The van der Waals surface area contributed by atoms with Crippen LogP contribution >= 0.6 is 0 Å². The molecule has 0 spiro atoms. The van der Waals surface area contributed by atoms with Crippen molar-refractivity contribution in [3.8, 4) is 0 Å². The Morgan fingerprint density at radius 3 is 2.96 bits per heavy atom. The van der Waals surface area contributed by atoms with Crippen molar-refractivity contribution >= 4 is 5.91 Å². The van der Waals surface area contributed by atoms with E-state index in [9.17, 15) is 9.18 Å². The van der Waals surface area contributed by atoms with Crippen molar-refractivity contribution in [3.05, 3.63) is 48.3 Å². The fourth-order valence-electron chi connectivity index (χ4n) is 2.83. The lowest BCUT2D eigenvalue weighted by Crippen LogP contribution is -2.48. The van der Waals surface area contributed by atoms with Gasteiger partial charge in [-0.15, -0.1) is 0 Å². The predicted molar refractivity (Wildman–Crippen MR) is 89.3 cm³/mol. The first-order valence-corrected chi connectivity index (χ1v) is 8.36. The summed E-state index contributed by atoms with van der Waals surface area (Å²) in [6.07, 6.45) is 3.84. The highest BCUT2D eigenvalue weighted by Gasteiger charge is 2.22. The molecule has 1 aromatic heterocycles. The number of ether oxygens (including phenoxy) is 1. The van der Waals surface area contributed by atoms with Crippen molar-refractivity contribution in [1.29, 1.82) is 0 Å². The molecular weight excluding hydrogens is 325 g/mol. The molecule has 2 heterocycles. The second-order valence-corrected chi connectivity index (χ2v) is 6.07. The average Bonchev–Trinajstić information content (AvgIpc) is 3.10. The third-order valence-electron chi connectivity index (χ3n) is 4.10. The minimum Gasteiger partial charge on any atom is -0.374 e. The Hall–Kier alpha value is -2.32. The van der Waals surface area contributed by atoms with Gasteiger partial charge in [0, 0.05) is 19.6 Å². The number of carbonyl (C=O) groups excluding carboxylic acids is 1. The summed E-state index contributed by atoms with van der Waals surface area (Å²) in [5, 5.41) is 6.99. The number of hydrogen-bond acceptors (Lipinski definition) is 5. The van der Waals surface area contributed by atoms with Gasteiger partial charge in [-0.2, -0.15) is 5.10 Å². The van der Waals surface area contributed by atoms with Crippen LogP contribution in [0.4, 0.5) is 4.39 Å².